The summed E-state index contributed by atoms with van der Waals surface area (Å²) < 4.78 is 26.5. The molecule has 1 aromatic rings. The Morgan fingerprint density at radius 1 is 1.27 bits per heavy atom. The van der Waals surface area contributed by atoms with Gasteiger partial charge in [0.15, 0.2) is 11.6 Å². The van der Waals surface area contributed by atoms with Gasteiger partial charge >= 0.3 is 0 Å². The SMILES string of the molecule is NCCCCc1cc(Br)c(O)c(F)c1F. The summed E-state index contributed by atoms with van der Waals surface area (Å²) in [5.74, 6) is -2.87. The number of benzene rings is 1. The smallest absolute Gasteiger partial charge is 0.201 e. The van der Waals surface area contributed by atoms with Crippen LogP contribution in [0.15, 0.2) is 10.5 Å². The highest BCUT2D eigenvalue weighted by Gasteiger charge is 2.16. The van der Waals surface area contributed by atoms with Gasteiger partial charge in [-0.05, 0) is 53.4 Å². The van der Waals surface area contributed by atoms with Crippen molar-refractivity contribution in [1.82, 2.24) is 0 Å². The molecule has 0 aliphatic heterocycles. The molecule has 0 saturated heterocycles. The highest BCUT2D eigenvalue weighted by atomic mass is 79.9. The molecule has 0 saturated carbocycles. The molecule has 0 aliphatic rings. The Morgan fingerprint density at radius 3 is 2.53 bits per heavy atom. The molecule has 0 aromatic heterocycles. The first-order chi connectivity index (χ1) is 7.07. The molecule has 0 aliphatic carbocycles. The zero-order chi connectivity index (χ0) is 11.4. The molecule has 0 fully saturated rings. The molecule has 1 rings (SSSR count). The Bertz CT molecular complexity index is 358. The Labute approximate surface area is 95.2 Å². The second kappa shape index (κ2) is 5.42. The first kappa shape index (κ1) is 12.4. The van der Waals surface area contributed by atoms with Crippen LogP contribution in [-0.4, -0.2) is 11.7 Å². The largest absolute Gasteiger partial charge is 0.504 e. The van der Waals surface area contributed by atoms with Crippen molar-refractivity contribution in [1.29, 1.82) is 0 Å². The molecule has 0 spiro atoms. The molecular weight excluding hydrogens is 268 g/mol. The number of nitrogens with two attached hydrogens (primary N) is 1. The summed E-state index contributed by atoms with van der Waals surface area (Å²) in [6, 6.07) is 1.39. The fraction of sp³-hybridized carbons (Fsp3) is 0.400. The van der Waals surface area contributed by atoms with E-state index in [2.05, 4.69) is 15.9 Å². The average Bonchev–Trinajstić information content (AvgIpc) is 2.23. The predicted molar refractivity (Wildman–Crippen MR) is 57.7 cm³/mol. The van der Waals surface area contributed by atoms with Crippen LogP contribution in [0.4, 0.5) is 8.78 Å². The van der Waals surface area contributed by atoms with Gasteiger partial charge in [-0.3, -0.25) is 0 Å². The quantitative estimate of drug-likeness (QED) is 0.658. The van der Waals surface area contributed by atoms with E-state index in [1.807, 2.05) is 0 Å². The average molecular weight is 280 g/mol. The zero-order valence-electron chi connectivity index (χ0n) is 8.06. The summed E-state index contributed by atoms with van der Waals surface area (Å²) in [4.78, 5) is 0. The van der Waals surface area contributed by atoms with Crippen molar-refractivity contribution in [3.63, 3.8) is 0 Å². The van der Waals surface area contributed by atoms with Gasteiger partial charge in [-0.25, -0.2) is 4.39 Å². The Kier molecular flexibility index (Phi) is 4.47. The third-order valence-corrected chi connectivity index (χ3v) is 2.71. The predicted octanol–water partition coefficient (Wildman–Crippen LogP) is 2.71. The maximum atomic E-state index is 13.3. The van der Waals surface area contributed by atoms with Crippen LogP contribution in [0.1, 0.15) is 18.4 Å². The Balaban J connectivity index is 2.89. The first-order valence-corrected chi connectivity index (χ1v) is 5.42. The molecule has 0 atom stereocenters. The van der Waals surface area contributed by atoms with Crippen molar-refractivity contribution in [2.24, 2.45) is 5.73 Å². The maximum absolute atomic E-state index is 13.3. The van der Waals surface area contributed by atoms with Gasteiger partial charge in [-0.1, -0.05) is 0 Å². The van der Waals surface area contributed by atoms with Gasteiger partial charge in [0.2, 0.25) is 5.82 Å². The van der Waals surface area contributed by atoms with Gasteiger partial charge in [-0.2, -0.15) is 4.39 Å². The molecular formula is C10H12BrF2NO. The zero-order valence-corrected chi connectivity index (χ0v) is 9.65. The van der Waals surface area contributed by atoms with Crippen LogP contribution in [0.3, 0.4) is 0 Å². The molecule has 5 heteroatoms. The summed E-state index contributed by atoms with van der Waals surface area (Å²) in [6.45, 7) is 0.531. The highest BCUT2D eigenvalue weighted by molar-refractivity contribution is 9.10. The van der Waals surface area contributed by atoms with E-state index in [0.717, 1.165) is 6.42 Å². The lowest BCUT2D eigenvalue weighted by molar-refractivity contribution is 0.400. The van der Waals surface area contributed by atoms with E-state index in [4.69, 9.17) is 10.8 Å². The lowest BCUT2D eigenvalue weighted by atomic mass is 10.1. The van der Waals surface area contributed by atoms with E-state index >= 15 is 0 Å². The molecule has 0 amide bonds. The third kappa shape index (κ3) is 2.89. The minimum atomic E-state index is -1.20. The maximum Gasteiger partial charge on any atom is 0.201 e. The normalized spacial score (nSPS) is 10.7. The summed E-state index contributed by atoms with van der Waals surface area (Å²) in [5, 5.41) is 9.10. The number of phenolic OH excluding ortho intramolecular Hbond substituents is 1. The number of unbranched alkanes of at least 4 members (excludes halogenated alkanes) is 1. The van der Waals surface area contributed by atoms with Gasteiger partial charge in [0.25, 0.3) is 0 Å². The van der Waals surface area contributed by atoms with Crippen LogP contribution in [0.25, 0.3) is 0 Å². The second-order valence-electron chi connectivity index (χ2n) is 3.24. The Hall–Kier alpha value is -0.680. The number of aromatic hydroxyl groups is 1. The van der Waals surface area contributed by atoms with Crippen molar-refractivity contribution in [3.05, 3.63) is 27.7 Å². The third-order valence-electron chi connectivity index (χ3n) is 2.11. The fourth-order valence-electron chi connectivity index (χ4n) is 1.28. The van der Waals surface area contributed by atoms with Gasteiger partial charge in [0.05, 0.1) is 4.47 Å². The van der Waals surface area contributed by atoms with E-state index in [1.165, 1.54) is 6.07 Å². The molecule has 0 bridgehead atoms. The standard InChI is InChI=1S/C10H12BrF2NO/c11-7-5-6(3-1-2-4-14)8(12)9(13)10(7)15/h5,15H,1-4,14H2. The lowest BCUT2D eigenvalue weighted by Crippen LogP contribution is -2.01. The summed E-state index contributed by atoms with van der Waals surface area (Å²) in [6.07, 6.45) is 1.88. The van der Waals surface area contributed by atoms with E-state index in [1.54, 1.807) is 0 Å². The second-order valence-corrected chi connectivity index (χ2v) is 4.09. The topological polar surface area (TPSA) is 46.2 Å². The van der Waals surface area contributed by atoms with Crippen LogP contribution in [0.2, 0.25) is 0 Å². The minimum absolute atomic E-state index is 0.171. The van der Waals surface area contributed by atoms with E-state index in [9.17, 15) is 8.78 Å². The van der Waals surface area contributed by atoms with Crippen LogP contribution >= 0.6 is 15.9 Å². The van der Waals surface area contributed by atoms with Gasteiger partial charge in [-0.15, -0.1) is 0 Å². The van der Waals surface area contributed by atoms with Crippen molar-refractivity contribution < 1.29 is 13.9 Å². The number of hydrogen-bond donors (Lipinski definition) is 2. The lowest BCUT2D eigenvalue weighted by Gasteiger charge is -2.06. The van der Waals surface area contributed by atoms with Crippen molar-refractivity contribution in [2.75, 3.05) is 6.54 Å². The van der Waals surface area contributed by atoms with Crippen LogP contribution < -0.4 is 5.73 Å². The molecule has 0 unspecified atom stereocenters. The summed E-state index contributed by atoms with van der Waals surface area (Å²) >= 11 is 2.96. The summed E-state index contributed by atoms with van der Waals surface area (Å²) in [7, 11) is 0. The molecule has 0 heterocycles. The van der Waals surface area contributed by atoms with Crippen LogP contribution in [-0.2, 0) is 6.42 Å². The van der Waals surface area contributed by atoms with Gasteiger partial charge in [0.1, 0.15) is 0 Å². The molecule has 2 nitrogen and oxygen atoms in total. The number of phenols is 1. The molecule has 1 aromatic carbocycles. The van der Waals surface area contributed by atoms with E-state index < -0.39 is 17.4 Å². The monoisotopic (exact) mass is 279 g/mol. The molecule has 15 heavy (non-hydrogen) atoms. The fourth-order valence-corrected chi connectivity index (χ4v) is 1.73. The van der Waals surface area contributed by atoms with Crippen LogP contribution in [0.5, 0.6) is 5.75 Å². The number of halogens is 3. The van der Waals surface area contributed by atoms with Gasteiger partial charge < -0.3 is 10.8 Å². The molecule has 3 N–H and O–H groups in total. The first-order valence-electron chi connectivity index (χ1n) is 4.63. The summed E-state index contributed by atoms with van der Waals surface area (Å²) in [5.41, 5.74) is 5.55. The molecule has 0 radical (unpaired) electrons. The van der Waals surface area contributed by atoms with E-state index in [0.29, 0.717) is 19.4 Å². The minimum Gasteiger partial charge on any atom is -0.504 e. The van der Waals surface area contributed by atoms with Gasteiger partial charge in [0, 0.05) is 0 Å². The van der Waals surface area contributed by atoms with Crippen molar-refractivity contribution in [3.8, 4) is 5.75 Å². The van der Waals surface area contributed by atoms with Crippen molar-refractivity contribution >= 4 is 15.9 Å². The van der Waals surface area contributed by atoms with Crippen LogP contribution in [0, 0.1) is 11.6 Å². The van der Waals surface area contributed by atoms with E-state index in [-0.39, 0.29) is 10.0 Å². The highest BCUT2D eigenvalue weighted by Crippen LogP contribution is 2.31. The van der Waals surface area contributed by atoms with Crippen molar-refractivity contribution in [2.45, 2.75) is 19.3 Å². The number of rotatable bonds is 4. The number of hydrogen-bond acceptors (Lipinski definition) is 2. The Morgan fingerprint density at radius 2 is 1.93 bits per heavy atom. The number of aryl methyl sites for hydroxylation is 1. The molecule has 84 valence electrons.